The third-order valence-corrected chi connectivity index (χ3v) is 3.89. The maximum absolute atomic E-state index is 11.5. The number of amides is 2. The van der Waals surface area contributed by atoms with Crippen LogP contribution in [0.2, 0.25) is 0 Å². The standard InChI is InChI=1S/C14H28N2O2/c1-11(2)8-9-16(14(15)17)13-6-4-12(5-7-13)10-18-3/h11-13H,4-10H2,1-3H3,(H2,15,17). The first-order valence-electron chi connectivity index (χ1n) is 7.09. The minimum Gasteiger partial charge on any atom is -0.384 e. The summed E-state index contributed by atoms with van der Waals surface area (Å²) in [6.45, 7) is 5.99. The van der Waals surface area contributed by atoms with Gasteiger partial charge in [-0.05, 0) is 43.9 Å². The highest BCUT2D eigenvalue weighted by molar-refractivity contribution is 5.72. The number of nitrogens with zero attached hydrogens (tertiary/aromatic N) is 1. The number of rotatable bonds is 6. The number of hydrogen-bond acceptors (Lipinski definition) is 2. The SMILES string of the molecule is COCC1CCC(N(CCC(C)C)C(N)=O)CC1. The lowest BCUT2D eigenvalue weighted by Crippen LogP contribution is -2.46. The Bertz CT molecular complexity index is 248. The number of ether oxygens (including phenoxy) is 1. The van der Waals surface area contributed by atoms with Gasteiger partial charge in [0.1, 0.15) is 0 Å². The molecule has 0 unspecified atom stereocenters. The van der Waals surface area contributed by atoms with Gasteiger partial charge in [-0.25, -0.2) is 4.79 Å². The Morgan fingerprint density at radius 3 is 2.39 bits per heavy atom. The maximum Gasteiger partial charge on any atom is 0.315 e. The zero-order chi connectivity index (χ0) is 13.5. The Labute approximate surface area is 111 Å². The number of hydrogen-bond donors (Lipinski definition) is 1. The monoisotopic (exact) mass is 256 g/mol. The van der Waals surface area contributed by atoms with Crippen molar-refractivity contribution in [1.82, 2.24) is 4.90 Å². The fourth-order valence-corrected chi connectivity index (χ4v) is 2.73. The van der Waals surface area contributed by atoms with Gasteiger partial charge in [-0.2, -0.15) is 0 Å². The van der Waals surface area contributed by atoms with Gasteiger partial charge in [0, 0.05) is 26.3 Å². The zero-order valence-electron chi connectivity index (χ0n) is 12.0. The van der Waals surface area contributed by atoms with Crippen molar-refractivity contribution in [1.29, 1.82) is 0 Å². The van der Waals surface area contributed by atoms with Crippen molar-refractivity contribution < 1.29 is 9.53 Å². The van der Waals surface area contributed by atoms with Gasteiger partial charge in [-0.3, -0.25) is 0 Å². The molecule has 2 N–H and O–H groups in total. The summed E-state index contributed by atoms with van der Waals surface area (Å²) in [6, 6.07) is 0.0835. The predicted molar refractivity (Wildman–Crippen MR) is 73.4 cm³/mol. The fourth-order valence-electron chi connectivity index (χ4n) is 2.73. The van der Waals surface area contributed by atoms with Crippen molar-refractivity contribution >= 4 is 6.03 Å². The first-order chi connectivity index (χ1) is 8.54. The lowest BCUT2D eigenvalue weighted by atomic mass is 9.85. The summed E-state index contributed by atoms with van der Waals surface area (Å²) in [6.07, 6.45) is 5.44. The van der Waals surface area contributed by atoms with Crippen LogP contribution < -0.4 is 5.73 Å². The topological polar surface area (TPSA) is 55.6 Å². The van der Waals surface area contributed by atoms with E-state index in [1.807, 2.05) is 4.90 Å². The molecule has 18 heavy (non-hydrogen) atoms. The van der Waals surface area contributed by atoms with Gasteiger partial charge in [0.05, 0.1) is 0 Å². The molecule has 0 radical (unpaired) electrons. The highest BCUT2D eigenvalue weighted by atomic mass is 16.5. The normalized spacial score (nSPS) is 24.2. The third kappa shape index (κ3) is 4.84. The van der Waals surface area contributed by atoms with Crippen molar-refractivity contribution in [2.75, 3.05) is 20.3 Å². The first-order valence-corrected chi connectivity index (χ1v) is 7.09. The molecular weight excluding hydrogens is 228 g/mol. The minimum atomic E-state index is -0.258. The van der Waals surface area contributed by atoms with Crippen LogP contribution in [0.25, 0.3) is 0 Å². The molecule has 0 aliphatic heterocycles. The van der Waals surface area contributed by atoms with E-state index in [4.69, 9.17) is 10.5 Å². The molecule has 1 saturated carbocycles. The molecule has 106 valence electrons. The van der Waals surface area contributed by atoms with Gasteiger partial charge in [-0.15, -0.1) is 0 Å². The molecule has 1 aliphatic carbocycles. The molecule has 1 fully saturated rings. The first kappa shape index (κ1) is 15.3. The molecule has 0 aromatic rings. The average molecular weight is 256 g/mol. The van der Waals surface area contributed by atoms with Crippen LogP contribution in [0.4, 0.5) is 4.79 Å². The molecule has 1 rings (SSSR count). The molecule has 4 heteroatoms. The van der Waals surface area contributed by atoms with Gasteiger partial charge >= 0.3 is 6.03 Å². The van der Waals surface area contributed by atoms with Crippen LogP contribution in [0.5, 0.6) is 0 Å². The van der Waals surface area contributed by atoms with Gasteiger partial charge in [0.15, 0.2) is 0 Å². The highest BCUT2D eigenvalue weighted by Gasteiger charge is 2.27. The number of primary amides is 1. The lowest BCUT2D eigenvalue weighted by molar-refractivity contribution is 0.0994. The second-order valence-electron chi connectivity index (χ2n) is 5.84. The molecular formula is C14H28N2O2. The Morgan fingerprint density at radius 1 is 1.33 bits per heavy atom. The van der Waals surface area contributed by atoms with Crippen molar-refractivity contribution in [3.63, 3.8) is 0 Å². The van der Waals surface area contributed by atoms with Crippen LogP contribution in [-0.4, -0.2) is 37.2 Å². The van der Waals surface area contributed by atoms with E-state index in [0.29, 0.717) is 17.9 Å². The third-order valence-electron chi connectivity index (χ3n) is 3.89. The van der Waals surface area contributed by atoms with E-state index >= 15 is 0 Å². The Morgan fingerprint density at radius 2 is 1.94 bits per heavy atom. The van der Waals surface area contributed by atoms with Crippen molar-refractivity contribution in [2.45, 2.75) is 52.0 Å². The molecule has 0 atom stereocenters. The van der Waals surface area contributed by atoms with Crippen molar-refractivity contribution in [3.8, 4) is 0 Å². The number of urea groups is 1. The molecule has 4 nitrogen and oxygen atoms in total. The molecule has 2 amide bonds. The van der Waals surface area contributed by atoms with E-state index in [9.17, 15) is 4.79 Å². The number of carbonyl (C=O) groups is 1. The summed E-state index contributed by atoms with van der Waals surface area (Å²) >= 11 is 0. The fraction of sp³-hybridized carbons (Fsp3) is 0.929. The maximum atomic E-state index is 11.5. The van der Waals surface area contributed by atoms with Crippen LogP contribution in [0.1, 0.15) is 46.0 Å². The van der Waals surface area contributed by atoms with Gasteiger partial charge in [-0.1, -0.05) is 13.8 Å². The molecule has 1 aliphatic rings. The van der Waals surface area contributed by atoms with E-state index in [0.717, 1.165) is 45.3 Å². The molecule has 0 bridgehead atoms. The van der Waals surface area contributed by atoms with Crippen LogP contribution in [0.15, 0.2) is 0 Å². The predicted octanol–water partition coefficient (Wildman–Crippen LogP) is 2.62. The second-order valence-corrected chi connectivity index (χ2v) is 5.84. The summed E-state index contributed by atoms with van der Waals surface area (Å²) < 4.78 is 5.20. The zero-order valence-corrected chi connectivity index (χ0v) is 12.0. The summed E-state index contributed by atoms with van der Waals surface area (Å²) in [4.78, 5) is 13.4. The van der Waals surface area contributed by atoms with E-state index in [1.165, 1.54) is 0 Å². The molecule has 0 saturated heterocycles. The summed E-state index contributed by atoms with van der Waals surface area (Å²) in [5.41, 5.74) is 5.51. The van der Waals surface area contributed by atoms with Crippen LogP contribution in [0, 0.1) is 11.8 Å². The molecule has 0 aromatic heterocycles. The van der Waals surface area contributed by atoms with Crippen molar-refractivity contribution in [3.05, 3.63) is 0 Å². The quantitative estimate of drug-likeness (QED) is 0.794. The van der Waals surface area contributed by atoms with E-state index in [1.54, 1.807) is 7.11 Å². The Balaban J connectivity index is 2.42. The van der Waals surface area contributed by atoms with E-state index < -0.39 is 0 Å². The molecule has 0 aromatic carbocycles. The smallest absolute Gasteiger partial charge is 0.315 e. The number of carbonyl (C=O) groups excluding carboxylic acids is 1. The Kier molecular flexibility index (Phi) is 6.47. The second kappa shape index (κ2) is 7.62. The van der Waals surface area contributed by atoms with Crippen LogP contribution in [0.3, 0.4) is 0 Å². The largest absolute Gasteiger partial charge is 0.384 e. The highest BCUT2D eigenvalue weighted by Crippen LogP contribution is 2.28. The number of nitrogens with two attached hydrogens (primary N) is 1. The van der Waals surface area contributed by atoms with E-state index in [-0.39, 0.29) is 6.03 Å². The van der Waals surface area contributed by atoms with Crippen LogP contribution >= 0.6 is 0 Å². The summed E-state index contributed by atoms with van der Waals surface area (Å²) in [7, 11) is 1.75. The van der Waals surface area contributed by atoms with Crippen LogP contribution in [-0.2, 0) is 4.74 Å². The van der Waals surface area contributed by atoms with E-state index in [2.05, 4.69) is 13.8 Å². The van der Waals surface area contributed by atoms with Crippen molar-refractivity contribution in [2.24, 2.45) is 17.6 Å². The van der Waals surface area contributed by atoms with Gasteiger partial charge in [0.2, 0.25) is 0 Å². The minimum absolute atomic E-state index is 0.258. The van der Waals surface area contributed by atoms with Gasteiger partial charge < -0.3 is 15.4 Å². The van der Waals surface area contributed by atoms with Gasteiger partial charge in [0.25, 0.3) is 0 Å². The average Bonchev–Trinajstić information content (AvgIpc) is 2.31. The number of methoxy groups -OCH3 is 1. The summed E-state index contributed by atoms with van der Waals surface area (Å²) in [5, 5.41) is 0. The lowest BCUT2D eigenvalue weighted by Gasteiger charge is -2.36. The summed E-state index contributed by atoms with van der Waals surface area (Å²) in [5.74, 6) is 1.27. The molecule has 0 heterocycles. The Hall–Kier alpha value is -0.770. The molecule has 0 spiro atoms.